The highest BCUT2D eigenvalue weighted by Gasteiger charge is 2.30. The zero-order chi connectivity index (χ0) is 27.1. The van der Waals surface area contributed by atoms with Gasteiger partial charge >= 0.3 is 6.03 Å². The van der Waals surface area contributed by atoms with Gasteiger partial charge in [-0.25, -0.2) is 4.79 Å². The molecule has 10 heteroatoms. The van der Waals surface area contributed by atoms with Gasteiger partial charge in [0, 0.05) is 62.0 Å². The third kappa shape index (κ3) is 7.36. The molecule has 3 atom stereocenters. The summed E-state index contributed by atoms with van der Waals surface area (Å²) in [5.41, 5.74) is 1.39. The number of likely N-dealkylation sites (N-methyl/N-ethyl adjacent to an activating group) is 1. The lowest BCUT2D eigenvalue weighted by atomic mass is 10.0. The molecule has 1 aliphatic rings. The Hall–Kier alpha value is -3.30. The fraction of sp³-hybridized carbons (Fsp3) is 0.444. The Morgan fingerprint density at radius 2 is 1.73 bits per heavy atom. The van der Waals surface area contributed by atoms with E-state index in [-0.39, 0.29) is 36.5 Å². The Bertz CT molecular complexity index is 1110. The molecule has 0 spiro atoms. The summed E-state index contributed by atoms with van der Waals surface area (Å²) in [5.74, 6) is 0.118. The molecule has 0 aromatic heterocycles. The Morgan fingerprint density at radius 1 is 1.08 bits per heavy atom. The standard InChI is InChI=1S/C27H35ClN4O5/c1-6-25(33)32-14-17(2)24(36-5)15-31(4)26(34)22-12-11-21(13-23(22)37-16-18(32)3)30-27(35)29-20-9-7-19(28)8-10-20/h7-13,17-18,24H,6,14-16H2,1-5H3,(H2,29,30,35)/t17-,18-,24+/m0/s1. The normalized spacial score (nSPS) is 20.7. The largest absolute Gasteiger partial charge is 0.491 e. The molecule has 9 nitrogen and oxygen atoms in total. The number of fused-ring (bicyclic) bond motifs is 1. The molecular weight excluding hydrogens is 496 g/mol. The molecule has 2 N–H and O–H groups in total. The van der Waals surface area contributed by atoms with Crippen molar-refractivity contribution in [3.63, 3.8) is 0 Å². The van der Waals surface area contributed by atoms with Crippen molar-refractivity contribution in [2.24, 2.45) is 5.92 Å². The Morgan fingerprint density at radius 3 is 2.38 bits per heavy atom. The van der Waals surface area contributed by atoms with Crippen molar-refractivity contribution in [1.29, 1.82) is 0 Å². The van der Waals surface area contributed by atoms with Gasteiger partial charge in [-0.1, -0.05) is 25.4 Å². The van der Waals surface area contributed by atoms with Crippen LogP contribution >= 0.6 is 11.6 Å². The van der Waals surface area contributed by atoms with E-state index in [0.717, 1.165) is 0 Å². The minimum atomic E-state index is -0.455. The van der Waals surface area contributed by atoms with Crippen molar-refractivity contribution in [2.75, 3.05) is 44.5 Å². The first-order chi connectivity index (χ1) is 17.6. The van der Waals surface area contributed by atoms with Crippen LogP contribution < -0.4 is 15.4 Å². The van der Waals surface area contributed by atoms with E-state index in [1.54, 1.807) is 66.4 Å². The van der Waals surface area contributed by atoms with Crippen molar-refractivity contribution in [3.8, 4) is 5.75 Å². The topological polar surface area (TPSA) is 100 Å². The predicted octanol–water partition coefficient (Wildman–Crippen LogP) is 4.73. The average Bonchev–Trinajstić information content (AvgIpc) is 2.88. The first-order valence-electron chi connectivity index (χ1n) is 12.3. The van der Waals surface area contributed by atoms with E-state index in [2.05, 4.69) is 10.6 Å². The quantitative estimate of drug-likeness (QED) is 0.595. The van der Waals surface area contributed by atoms with Crippen LogP contribution in [-0.4, -0.2) is 73.6 Å². The summed E-state index contributed by atoms with van der Waals surface area (Å²) in [4.78, 5) is 42.0. The zero-order valence-corrected chi connectivity index (χ0v) is 22.7. The van der Waals surface area contributed by atoms with Crippen LogP contribution in [0.1, 0.15) is 37.6 Å². The number of methoxy groups -OCH3 is 1. The molecular formula is C27H35ClN4O5. The summed E-state index contributed by atoms with van der Waals surface area (Å²) >= 11 is 5.90. The molecule has 0 unspecified atom stereocenters. The van der Waals surface area contributed by atoms with Crippen molar-refractivity contribution >= 4 is 40.8 Å². The molecule has 2 aromatic carbocycles. The van der Waals surface area contributed by atoms with Gasteiger partial charge in [0.25, 0.3) is 5.91 Å². The highest BCUT2D eigenvalue weighted by molar-refractivity contribution is 6.30. The number of rotatable bonds is 4. The third-order valence-electron chi connectivity index (χ3n) is 6.43. The van der Waals surface area contributed by atoms with Gasteiger partial charge in [0.2, 0.25) is 5.91 Å². The maximum Gasteiger partial charge on any atom is 0.323 e. The summed E-state index contributed by atoms with van der Waals surface area (Å²) in [6.45, 7) is 6.78. The zero-order valence-electron chi connectivity index (χ0n) is 21.9. The molecule has 3 rings (SSSR count). The van der Waals surface area contributed by atoms with Crippen LogP contribution in [0.2, 0.25) is 5.02 Å². The molecule has 1 heterocycles. The first kappa shape index (κ1) is 28.3. The van der Waals surface area contributed by atoms with Crippen LogP contribution in [0.15, 0.2) is 42.5 Å². The molecule has 4 amide bonds. The van der Waals surface area contributed by atoms with E-state index in [1.165, 1.54) is 0 Å². The minimum Gasteiger partial charge on any atom is -0.491 e. The first-order valence-corrected chi connectivity index (χ1v) is 12.7. The van der Waals surface area contributed by atoms with Crippen LogP contribution in [0.5, 0.6) is 5.75 Å². The summed E-state index contributed by atoms with van der Waals surface area (Å²) in [5, 5.41) is 6.07. The fourth-order valence-electron chi connectivity index (χ4n) is 4.23. The maximum atomic E-state index is 13.3. The van der Waals surface area contributed by atoms with Gasteiger partial charge in [0.15, 0.2) is 0 Å². The lowest BCUT2D eigenvalue weighted by Crippen LogP contribution is -2.48. The van der Waals surface area contributed by atoms with Crippen LogP contribution in [-0.2, 0) is 9.53 Å². The third-order valence-corrected chi connectivity index (χ3v) is 6.68. The second kappa shape index (κ2) is 12.8. The van der Waals surface area contributed by atoms with Crippen LogP contribution in [0.3, 0.4) is 0 Å². The number of carbonyl (C=O) groups is 3. The smallest absolute Gasteiger partial charge is 0.323 e. The number of anilines is 2. The summed E-state index contributed by atoms with van der Waals surface area (Å²) in [6, 6.07) is 10.9. The Labute approximate surface area is 223 Å². The predicted molar refractivity (Wildman–Crippen MR) is 144 cm³/mol. The molecule has 0 saturated carbocycles. The minimum absolute atomic E-state index is 0.00262. The van der Waals surface area contributed by atoms with Gasteiger partial charge in [-0.3, -0.25) is 9.59 Å². The lowest BCUT2D eigenvalue weighted by molar-refractivity contribution is -0.135. The molecule has 37 heavy (non-hydrogen) atoms. The molecule has 200 valence electrons. The van der Waals surface area contributed by atoms with E-state index >= 15 is 0 Å². The number of hydrogen-bond acceptors (Lipinski definition) is 5. The maximum absolute atomic E-state index is 13.3. The van der Waals surface area contributed by atoms with Crippen molar-refractivity contribution in [2.45, 2.75) is 39.3 Å². The van der Waals surface area contributed by atoms with Crippen LogP contribution in [0.25, 0.3) is 0 Å². The average molecular weight is 531 g/mol. The van der Waals surface area contributed by atoms with Crippen molar-refractivity contribution < 1.29 is 23.9 Å². The molecule has 0 radical (unpaired) electrons. The number of urea groups is 1. The van der Waals surface area contributed by atoms with Crippen LogP contribution in [0.4, 0.5) is 16.2 Å². The second-order valence-corrected chi connectivity index (χ2v) is 9.73. The Balaban J connectivity index is 1.88. The van der Waals surface area contributed by atoms with Crippen molar-refractivity contribution in [3.05, 3.63) is 53.1 Å². The number of benzene rings is 2. The molecule has 0 bridgehead atoms. The molecule has 0 aliphatic carbocycles. The second-order valence-electron chi connectivity index (χ2n) is 9.29. The van der Waals surface area contributed by atoms with E-state index in [0.29, 0.717) is 47.2 Å². The van der Waals surface area contributed by atoms with Crippen molar-refractivity contribution in [1.82, 2.24) is 9.80 Å². The van der Waals surface area contributed by atoms with Gasteiger partial charge in [-0.05, 0) is 43.3 Å². The van der Waals surface area contributed by atoms with Gasteiger partial charge in [-0.15, -0.1) is 0 Å². The van der Waals surface area contributed by atoms with Gasteiger partial charge < -0.3 is 29.9 Å². The summed E-state index contributed by atoms with van der Waals surface area (Å²) < 4.78 is 11.8. The molecule has 2 aromatic rings. The SMILES string of the molecule is CCC(=O)N1C[C@H](C)[C@H](OC)CN(C)C(=O)c2ccc(NC(=O)Nc3ccc(Cl)cc3)cc2OC[C@@H]1C. The number of halogens is 1. The summed E-state index contributed by atoms with van der Waals surface area (Å²) in [7, 11) is 3.32. The van der Waals surface area contributed by atoms with E-state index in [1.807, 2.05) is 20.8 Å². The number of nitrogens with zero attached hydrogens (tertiary/aromatic N) is 2. The number of ether oxygens (including phenoxy) is 2. The van der Waals surface area contributed by atoms with E-state index in [9.17, 15) is 14.4 Å². The van der Waals surface area contributed by atoms with Gasteiger partial charge in [0.1, 0.15) is 12.4 Å². The number of amides is 4. The molecule has 1 aliphatic heterocycles. The molecule has 0 fully saturated rings. The van der Waals surface area contributed by atoms with Gasteiger partial charge in [-0.2, -0.15) is 0 Å². The highest BCUT2D eigenvalue weighted by atomic mass is 35.5. The number of nitrogens with one attached hydrogen (secondary N) is 2. The molecule has 0 saturated heterocycles. The highest BCUT2D eigenvalue weighted by Crippen LogP contribution is 2.27. The summed E-state index contributed by atoms with van der Waals surface area (Å²) in [6.07, 6.45) is 0.120. The van der Waals surface area contributed by atoms with Gasteiger partial charge in [0.05, 0.1) is 17.7 Å². The monoisotopic (exact) mass is 530 g/mol. The number of carbonyl (C=O) groups excluding carboxylic acids is 3. The lowest BCUT2D eigenvalue weighted by Gasteiger charge is -2.36. The van der Waals surface area contributed by atoms with Crippen LogP contribution in [0, 0.1) is 5.92 Å². The van der Waals surface area contributed by atoms with E-state index in [4.69, 9.17) is 21.1 Å². The fourth-order valence-corrected chi connectivity index (χ4v) is 4.35. The van der Waals surface area contributed by atoms with E-state index < -0.39 is 6.03 Å². The number of hydrogen-bond donors (Lipinski definition) is 2. The Kier molecular flexibility index (Phi) is 9.77.